The number of nitrogens with two attached hydrogens (primary N) is 1. The van der Waals surface area contributed by atoms with Crippen molar-refractivity contribution in [2.45, 2.75) is 30.7 Å². The van der Waals surface area contributed by atoms with Crippen molar-refractivity contribution in [3.8, 4) is 0 Å². The highest BCUT2D eigenvalue weighted by molar-refractivity contribution is 7.87. The maximum atomic E-state index is 10.6. The van der Waals surface area contributed by atoms with Gasteiger partial charge < -0.3 is 25.2 Å². The van der Waals surface area contributed by atoms with Crippen molar-refractivity contribution >= 4 is 10.2 Å². The number of hydrogen-bond acceptors (Lipinski definition) is 7. The third kappa shape index (κ3) is 3.33. The van der Waals surface area contributed by atoms with Crippen LogP contribution < -0.4 is 9.86 Å². The fourth-order valence-corrected chi connectivity index (χ4v) is 1.69. The van der Waals surface area contributed by atoms with Gasteiger partial charge >= 0.3 is 0 Å². The number of nitrogens with one attached hydrogen (secondary N) is 1. The van der Waals surface area contributed by atoms with E-state index in [9.17, 15) is 18.6 Å². The summed E-state index contributed by atoms with van der Waals surface area (Å²) >= 11 is 0. The zero-order chi connectivity index (χ0) is 12.5. The molecule has 0 spiro atoms. The van der Waals surface area contributed by atoms with Crippen molar-refractivity contribution in [2.24, 2.45) is 5.14 Å². The molecule has 96 valence electrons. The van der Waals surface area contributed by atoms with Crippen LogP contribution in [0, 0.1) is 0 Å². The minimum atomic E-state index is -3.96. The maximum absolute atomic E-state index is 10.6. The quantitative estimate of drug-likeness (QED) is 0.297. The number of rotatable bonds is 3. The zero-order valence-corrected chi connectivity index (χ0v) is 8.91. The Hall–Kier alpha value is -0.330. The molecule has 0 amide bonds. The Morgan fingerprint density at radius 1 is 1.12 bits per heavy atom. The van der Waals surface area contributed by atoms with Gasteiger partial charge in [0.1, 0.15) is 24.4 Å². The topological polar surface area (TPSA) is 162 Å². The Balaban J connectivity index is 2.61. The summed E-state index contributed by atoms with van der Waals surface area (Å²) in [5.41, 5.74) is 0. The van der Waals surface area contributed by atoms with Crippen LogP contribution in [-0.2, 0) is 14.9 Å². The lowest BCUT2D eigenvalue weighted by Crippen LogP contribution is -2.60. The van der Waals surface area contributed by atoms with Crippen molar-refractivity contribution < 1.29 is 33.6 Å². The van der Waals surface area contributed by atoms with Gasteiger partial charge in [-0.3, -0.25) is 0 Å². The minimum Gasteiger partial charge on any atom is -0.388 e. The number of aliphatic hydroxyl groups excluding tert-OH is 4. The number of ether oxygens (including phenoxy) is 1. The average Bonchev–Trinajstić information content (AvgIpc) is 2.17. The van der Waals surface area contributed by atoms with E-state index in [0.29, 0.717) is 0 Å². The monoisotopic (exact) mass is 258 g/mol. The number of aliphatic hydroxyl groups is 4. The molecule has 0 aromatic carbocycles. The summed E-state index contributed by atoms with van der Waals surface area (Å²) in [6.07, 6.45) is -7.72. The highest BCUT2D eigenvalue weighted by Gasteiger charge is 2.42. The first kappa shape index (κ1) is 13.7. The van der Waals surface area contributed by atoms with Gasteiger partial charge in [0.15, 0.2) is 6.29 Å². The molecule has 1 saturated heterocycles. The van der Waals surface area contributed by atoms with E-state index in [2.05, 4.69) is 9.88 Å². The van der Waals surface area contributed by atoms with Gasteiger partial charge in [0.2, 0.25) is 0 Å². The van der Waals surface area contributed by atoms with Gasteiger partial charge in [-0.1, -0.05) is 0 Å². The van der Waals surface area contributed by atoms with Gasteiger partial charge in [0.25, 0.3) is 10.2 Å². The summed E-state index contributed by atoms with van der Waals surface area (Å²) in [5.74, 6) is 0. The molecule has 7 N–H and O–H groups in total. The van der Waals surface area contributed by atoms with Crippen molar-refractivity contribution in [2.75, 3.05) is 6.54 Å². The van der Waals surface area contributed by atoms with E-state index < -0.39 is 47.5 Å². The van der Waals surface area contributed by atoms with Crippen LogP contribution in [0.25, 0.3) is 0 Å². The van der Waals surface area contributed by atoms with E-state index in [0.717, 1.165) is 0 Å². The molecule has 1 heterocycles. The highest BCUT2D eigenvalue weighted by atomic mass is 32.2. The molecule has 1 unspecified atom stereocenters. The second kappa shape index (κ2) is 4.89. The molecule has 0 bridgehead atoms. The first-order valence-electron chi connectivity index (χ1n) is 4.37. The van der Waals surface area contributed by atoms with Crippen LogP contribution in [0.1, 0.15) is 0 Å². The van der Waals surface area contributed by atoms with Crippen LogP contribution in [-0.4, -0.2) is 66.1 Å². The predicted octanol–water partition coefficient (Wildman–Crippen LogP) is -4.42. The standard InChI is InChI=1S/C6H14N2O7S/c7-16(13,14)8-1-2-3(9)4(10)5(11)6(12)15-2/h2-6,8-12H,1H2,(H2,7,13,14)/t2-,3-,4+,5+,6?/m1/s1. The van der Waals surface area contributed by atoms with Gasteiger partial charge in [0.05, 0.1) is 0 Å². The van der Waals surface area contributed by atoms with Crippen molar-refractivity contribution in [1.29, 1.82) is 0 Å². The van der Waals surface area contributed by atoms with Crippen LogP contribution in [0.2, 0.25) is 0 Å². The van der Waals surface area contributed by atoms with Crippen LogP contribution >= 0.6 is 0 Å². The molecule has 1 aliphatic rings. The Labute approximate surface area is 91.6 Å². The smallest absolute Gasteiger partial charge is 0.274 e. The van der Waals surface area contributed by atoms with Crippen molar-refractivity contribution in [3.63, 3.8) is 0 Å². The van der Waals surface area contributed by atoms with Crippen molar-refractivity contribution in [3.05, 3.63) is 0 Å². The molecule has 0 aromatic rings. The van der Waals surface area contributed by atoms with Gasteiger partial charge in [-0.2, -0.15) is 13.1 Å². The zero-order valence-electron chi connectivity index (χ0n) is 8.09. The second-order valence-corrected chi connectivity index (χ2v) is 4.81. The van der Waals surface area contributed by atoms with E-state index in [-0.39, 0.29) is 0 Å². The maximum Gasteiger partial charge on any atom is 0.274 e. The molecule has 16 heavy (non-hydrogen) atoms. The van der Waals surface area contributed by atoms with Gasteiger partial charge in [-0.25, -0.2) is 5.14 Å². The van der Waals surface area contributed by atoms with Gasteiger partial charge in [-0.05, 0) is 0 Å². The largest absolute Gasteiger partial charge is 0.388 e. The van der Waals surface area contributed by atoms with Crippen LogP contribution in [0.3, 0.4) is 0 Å². The molecule has 0 saturated carbocycles. The first-order valence-corrected chi connectivity index (χ1v) is 5.92. The van der Waals surface area contributed by atoms with E-state index >= 15 is 0 Å². The van der Waals surface area contributed by atoms with Crippen LogP contribution in [0.5, 0.6) is 0 Å². The SMILES string of the molecule is NS(=O)(=O)NC[C@H]1OC(O)[C@@H](O)[C@@H](O)[C@@H]1O. The summed E-state index contributed by atoms with van der Waals surface area (Å²) in [5, 5.41) is 41.5. The van der Waals surface area contributed by atoms with E-state index in [1.165, 1.54) is 0 Å². The molecule has 9 nitrogen and oxygen atoms in total. The summed E-state index contributed by atoms with van der Waals surface area (Å²) in [4.78, 5) is 0. The molecular weight excluding hydrogens is 244 g/mol. The fraction of sp³-hybridized carbons (Fsp3) is 1.00. The Morgan fingerprint density at radius 3 is 2.19 bits per heavy atom. The molecule has 0 radical (unpaired) electrons. The molecule has 1 aliphatic heterocycles. The van der Waals surface area contributed by atoms with Crippen molar-refractivity contribution in [1.82, 2.24) is 4.72 Å². The molecular formula is C6H14N2O7S. The van der Waals surface area contributed by atoms with Crippen LogP contribution in [0.15, 0.2) is 0 Å². The molecule has 1 rings (SSSR count). The lowest BCUT2D eigenvalue weighted by Gasteiger charge is -2.38. The summed E-state index contributed by atoms with van der Waals surface area (Å²) in [7, 11) is -3.96. The van der Waals surface area contributed by atoms with Gasteiger partial charge in [0, 0.05) is 6.54 Å². The third-order valence-electron chi connectivity index (χ3n) is 2.17. The van der Waals surface area contributed by atoms with E-state index in [1.807, 2.05) is 4.72 Å². The molecule has 0 aromatic heterocycles. The summed E-state index contributed by atoms with van der Waals surface area (Å²) < 4.78 is 27.7. The Kier molecular flexibility index (Phi) is 4.20. The lowest BCUT2D eigenvalue weighted by molar-refractivity contribution is -0.279. The normalized spacial score (nSPS) is 40.9. The Morgan fingerprint density at radius 2 is 1.69 bits per heavy atom. The second-order valence-electron chi connectivity index (χ2n) is 3.43. The van der Waals surface area contributed by atoms with Crippen LogP contribution in [0.4, 0.5) is 0 Å². The fourth-order valence-electron chi connectivity index (χ4n) is 1.30. The lowest BCUT2D eigenvalue weighted by atomic mass is 9.99. The minimum absolute atomic E-state index is 0.430. The Bertz CT molecular complexity index is 334. The predicted molar refractivity (Wildman–Crippen MR) is 50.0 cm³/mol. The number of hydrogen-bond donors (Lipinski definition) is 6. The molecule has 5 atom stereocenters. The highest BCUT2D eigenvalue weighted by Crippen LogP contribution is 2.19. The third-order valence-corrected chi connectivity index (χ3v) is 2.74. The van der Waals surface area contributed by atoms with E-state index in [1.54, 1.807) is 0 Å². The first-order chi connectivity index (χ1) is 7.22. The van der Waals surface area contributed by atoms with Gasteiger partial charge in [-0.15, -0.1) is 0 Å². The average molecular weight is 258 g/mol. The molecule has 1 fully saturated rings. The molecule has 10 heteroatoms. The molecule has 0 aliphatic carbocycles. The van der Waals surface area contributed by atoms with E-state index in [4.69, 9.17) is 10.2 Å². The summed E-state index contributed by atoms with van der Waals surface area (Å²) in [6.45, 7) is -0.430. The summed E-state index contributed by atoms with van der Waals surface area (Å²) in [6, 6.07) is 0.